The van der Waals surface area contributed by atoms with Crippen LogP contribution in [0.15, 0.2) is 43.0 Å². The summed E-state index contributed by atoms with van der Waals surface area (Å²) in [5, 5.41) is 17.0. The number of nitrogens with two attached hydrogens (primary N) is 1. The zero-order valence-corrected chi connectivity index (χ0v) is 11.3. The molecule has 2 aromatic rings. The Labute approximate surface area is 120 Å². The van der Waals surface area contributed by atoms with Crippen molar-refractivity contribution in [2.24, 2.45) is 0 Å². The summed E-state index contributed by atoms with van der Waals surface area (Å²) < 4.78 is 31.6. The van der Waals surface area contributed by atoms with Crippen LogP contribution in [0.5, 0.6) is 5.75 Å². The molecule has 0 unspecified atom stereocenters. The third-order valence-electron chi connectivity index (χ3n) is 1.62. The fourth-order valence-corrected chi connectivity index (χ4v) is 0.826. The lowest BCUT2D eigenvalue weighted by Crippen LogP contribution is -1.89. The lowest BCUT2D eigenvalue weighted by Gasteiger charge is -1.91. The Balaban J connectivity index is 0.000000296. The highest BCUT2D eigenvalue weighted by Crippen LogP contribution is 2.14. The molecule has 0 aliphatic carbocycles. The summed E-state index contributed by atoms with van der Waals surface area (Å²) >= 11 is 0. The van der Waals surface area contributed by atoms with Gasteiger partial charge in [-0.1, -0.05) is 0 Å². The maximum Gasteiger partial charge on any atom is 0.394 e. The van der Waals surface area contributed by atoms with Gasteiger partial charge in [-0.25, -0.2) is 0 Å². The van der Waals surface area contributed by atoms with Crippen molar-refractivity contribution < 1.29 is 27.8 Å². The van der Waals surface area contributed by atoms with Gasteiger partial charge in [0.2, 0.25) is 0 Å². The number of rotatable bonds is 1. The molecule has 0 atom stereocenters. The normalized spacial score (nSPS) is 9.48. The number of aromatic hydroxyl groups is 1. The topological polar surface area (TPSA) is 179 Å². The molecule has 0 aromatic carbocycles. The minimum atomic E-state index is -4.67. The summed E-state index contributed by atoms with van der Waals surface area (Å²) in [7, 11) is -4.67. The number of hydrogen-bond donors (Lipinski definition) is 6. The first-order valence-electron chi connectivity index (χ1n) is 5.12. The number of nitrogen functional groups attached to an aromatic ring is 1. The van der Waals surface area contributed by atoms with Crippen LogP contribution in [0.4, 0.5) is 11.4 Å². The van der Waals surface area contributed by atoms with Gasteiger partial charge in [-0.05, 0) is 18.2 Å². The molecule has 116 valence electrons. The third-order valence-corrected chi connectivity index (χ3v) is 1.62. The highest BCUT2D eigenvalue weighted by atomic mass is 32.3. The quantitative estimate of drug-likeness (QED) is 0.322. The third kappa shape index (κ3) is 12.3. The van der Waals surface area contributed by atoms with E-state index in [1.165, 1.54) is 24.7 Å². The largest absolute Gasteiger partial charge is 0.504 e. The van der Waals surface area contributed by atoms with Crippen LogP contribution >= 0.6 is 0 Å². The maximum atomic E-state index is 8.74. The fraction of sp³-hybridized carbons (Fsp3) is 0. The molecule has 11 heteroatoms. The Morgan fingerprint density at radius 3 is 1.95 bits per heavy atom. The van der Waals surface area contributed by atoms with Gasteiger partial charge in [0.1, 0.15) is 0 Å². The number of hydrogen-bond acceptors (Lipinski definition) is 8. The van der Waals surface area contributed by atoms with E-state index in [0.717, 1.165) is 0 Å². The number of nitrogens with zero attached hydrogens (tertiary/aromatic N) is 2. The average Bonchev–Trinajstić information content (AvgIpc) is 2.42. The first-order valence-corrected chi connectivity index (χ1v) is 6.52. The predicted molar refractivity (Wildman–Crippen MR) is 74.1 cm³/mol. The molecule has 2 rings (SSSR count). The van der Waals surface area contributed by atoms with Gasteiger partial charge in [0.25, 0.3) is 0 Å². The van der Waals surface area contributed by atoms with Crippen molar-refractivity contribution in [1.29, 1.82) is 0 Å². The van der Waals surface area contributed by atoms with Crippen molar-refractivity contribution in [2.75, 3.05) is 11.2 Å². The SMILES string of the molecule is Nc1ccncc1O.O=S(=O)(O)O.ONc1cccnc1. The van der Waals surface area contributed by atoms with Crippen LogP contribution in [0, 0.1) is 0 Å². The minimum absolute atomic E-state index is 0.0347. The van der Waals surface area contributed by atoms with Gasteiger partial charge in [-0.15, -0.1) is 0 Å². The van der Waals surface area contributed by atoms with Crippen molar-refractivity contribution in [3.63, 3.8) is 0 Å². The molecule has 0 amide bonds. The number of pyridine rings is 2. The molecule has 0 aliphatic heterocycles. The van der Waals surface area contributed by atoms with Crippen molar-refractivity contribution in [3.05, 3.63) is 43.0 Å². The van der Waals surface area contributed by atoms with E-state index in [-0.39, 0.29) is 5.75 Å². The van der Waals surface area contributed by atoms with Gasteiger partial charge in [0.05, 0.1) is 23.8 Å². The smallest absolute Gasteiger partial charge is 0.394 e. The number of anilines is 2. The van der Waals surface area contributed by atoms with Crippen LogP contribution in [0.2, 0.25) is 0 Å². The molecule has 0 spiro atoms. The van der Waals surface area contributed by atoms with E-state index in [2.05, 4.69) is 9.97 Å². The monoisotopic (exact) mass is 318 g/mol. The molecule has 0 bridgehead atoms. The van der Waals surface area contributed by atoms with Crippen molar-refractivity contribution in [2.45, 2.75) is 0 Å². The van der Waals surface area contributed by atoms with E-state index in [0.29, 0.717) is 11.4 Å². The van der Waals surface area contributed by atoms with Crippen LogP contribution < -0.4 is 11.2 Å². The summed E-state index contributed by atoms with van der Waals surface area (Å²) in [4.78, 5) is 7.35. The highest BCUT2D eigenvalue weighted by molar-refractivity contribution is 7.79. The predicted octanol–water partition coefficient (Wildman–Crippen LogP) is 0.599. The van der Waals surface area contributed by atoms with E-state index < -0.39 is 10.4 Å². The lowest BCUT2D eigenvalue weighted by atomic mass is 10.4. The molecule has 10 nitrogen and oxygen atoms in total. The molecule has 0 fully saturated rings. The maximum absolute atomic E-state index is 8.74. The lowest BCUT2D eigenvalue weighted by molar-refractivity contribution is 0.380. The van der Waals surface area contributed by atoms with Crippen LogP contribution in [0.25, 0.3) is 0 Å². The van der Waals surface area contributed by atoms with E-state index >= 15 is 0 Å². The van der Waals surface area contributed by atoms with Gasteiger partial charge >= 0.3 is 10.4 Å². The number of nitrogens with one attached hydrogen (secondary N) is 1. The second-order valence-electron chi connectivity index (χ2n) is 3.24. The molecule has 0 aliphatic rings. The van der Waals surface area contributed by atoms with E-state index in [1.807, 2.05) is 5.48 Å². The Morgan fingerprint density at radius 2 is 1.67 bits per heavy atom. The summed E-state index contributed by atoms with van der Waals surface area (Å²) in [5.41, 5.74) is 8.16. The summed E-state index contributed by atoms with van der Waals surface area (Å²) in [6, 6.07) is 4.99. The Hall–Kier alpha value is -2.47. The summed E-state index contributed by atoms with van der Waals surface area (Å²) in [6.07, 6.45) is 5.99. The molecule has 21 heavy (non-hydrogen) atoms. The minimum Gasteiger partial charge on any atom is -0.504 e. The first-order chi connectivity index (χ1) is 9.74. The average molecular weight is 318 g/mol. The molecular weight excluding hydrogens is 304 g/mol. The first kappa shape index (κ1) is 18.5. The van der Waals surface area contributed by atoms with Crippen molar-refractivity contribution in [1.82, 2.24) is 9.97 Å². The van der Waals surface area contributed by atoms with Gasteiger partial charge in [0, 0.05) is 12.4 Å². The zero-order chi connectivity index (χ0) is 16.3. The molecule has 7 N–H and O–H groups in total. The summed E-state index contributed by atoms with van der Waals surface area (Å²) in [6.45, 7) is 0. The second kappa shape index (κ2) is 9.44. The van der Waals surface area contributed by atoms with Gasteiger partial charge in [0.15, 0.2) is 5.75 Å². The van der Waals surface area contributed by atoms with Crippen LogP contribution in [-0.2, 0) is 10.4 Å². The Morgan fingerprint density at radius 1 is 1.10 bits per heavy atom. The zero-order valence-electron chi connectivity index (χ0n) is 10.5. The molecular formula is C10H14N4O6S. The van der Waals surface area contributed by atoms with Crippen molar-refractivity contribution >= 4 is 21.8 Å². The Kier molecular flexibility index (Phi) is 8.33. The standard InChI is InChI=1S/2C5H6N2O.H2O4S/c6-4-1-2-7-3-5(4)8;8-7-5-2-1-3-6-4-5;1-5(2,3)4/h1-3,8H,(H2,6,7);1-4,7-8H;(H2,1,2,3,4). The molecule has 0 radical (unpaired) electrons. The van der Waals surface area contributed by atoms with Crippen molar-refractivity contribution in [3.8, 4) is 5.75 Å². The Bertz CT molecular complexity index is 593. The molecule has 2 heterocycles. The van der Waals surface area contributed by atoms with E-state index in [1.54, 1.807) is 18.3 Å². The molecule has 0 saturated carbocycles. The van der Waals surface area contributed by atoms with Gasteiger partial charge in [-0.2, -0.15) is 8.42 Å². The molecule has 0 saturated heterocycles. The van der Waals surface area contributed by atoms with E-state index in [9.17, 15) is 0 Å². The van der Waals surface area contributed by atoms with Crippen LogP contribution in [-0.4, -0.2) is 37.8 Å². The summed E-state index contributed by atoms with van der Waals surface area (Å²) in [5.74, 6) is 0.0347. The van der Waals surface area contributed by atoms with E-state index in [4.69, 9.17) is 33.6 Å². The van der Waals surface area contributed by atoms with Crippen LogP contribution in [0.3, 0.4) is 0 Å². The number of aromatic nitrogens is 2. The molecule has 2 aromatic heterocycles. The van der Waals surface area contributed by atoms with Gasteiger partial charge in [-0.3, -0.25) is 29.8 Å². The van der Waals surface area contributed by atoms with Gasteiger partial charge < -0.3 is 10.8 Å². The van der Waals surface area contributed by atoms with Crippen LogP contribution in [0.1, 0.15) is 0 Å². The second-order valence-corrected chi connectivity index (χ2v) is 4.13. The highest BCUT2D eigenvalue weighted by Gasteiger charge is 1.89. The fourth-order valence-electron chi connectivity index (χ4n) is 0.826.